The van der Waals surface area contributed by atoms with E-state index in [9.17, 15) is 15.0 Å². The zero-order valence-electron chi connectivity index (χ0n) is 9.37. The lowest BCUT2D eigenvalue weighted by atomic mass is 9.97. The summed E-state index contributed by atoms with van der Waals surface area (Å²) in [5.41, 5.74) is 0. The Morgan fingerprint density at radius 3 is 2.21 bits per heavy atom. The van der Waals surface area contributed by atoms with Gasteiger partial charge in [-0.05, 0) is 19.3 Å². The number of rotatable bonds is 5. The van der Waals surface area contributed by atoms with E-state index in [0.717, 1.165) is 0 Å². The van der Waals surface area contributed by atoms with Gasteiger partial charge in [-0.25, -0.2) is 0 Å². The van der Waals surface area contributed by atoms with Crippen molar-refractivity contribution in [3.05, 3.63) is 0 Å². The van der Waals surface area contributed by atoms with Crippen LogP contribution in [0.2, 0.25) is 0 Å². The van der Waals surface area contributed by atoms with Gasteiger partial charge in [-0.3, -0.25) is 4.79 Å². The van der Waals surface area contributed by atoms with Gasteiger partial charge in [-0.1, -0.05) is 20.8 Å². The van der Waals surface area contributed by atoms with Gasteiger partial charge in [0.25, 0.3) is 0 Å². The fourth-order valence-corrected chi connectivity index (χ4v) is 0.974. The molecule has 1 amide bonds. The largest absolute Gasteiger partial charge is 0.365 e. The van der Waals surface area contributed by atoms with Crippen molar-refractivity contribution in [2.75, 3.05) is 6.54 Å². The molecule has 0 radical (unpaired) electrons. The molecule has 0 bridgehead atoms. The van der Waals surface area contributed by atoms with Crippen molar-refractivity contribution in [3.8, 4) is 0 Å². The Kier molecular flexibility index (Phi) is 5.08. The Balaban J connectivity index is 4.12. The monoisotopic (exact) mass is 203 g/mol. The lowest BCUT2D eigenvalue weighted by Gasteiger charge is -2.26. The molecule has 1 unspecified atom stereocenters. The van der Waals surface area contributed by atoms with E-state index < -0.39 is 11.7 Å². The second-order valence-corrected chi connectivity index (χ2v) is 4.09. The predicted molar refractivity (Wildman–Crippen MR) is 54.5 cm³/mol. The maximum Gasteiger partial charge on any atom is 0.228 e. The van der Waals surface area contributed by atoms with Crippen LogP contribution in [0.15, 0.2) is 0 Å². The molecule has 3 N–H and O–H groups in total. The van der Waals surface area contributed by atoms with Crippen LogP contribution in [0.5, 0.6) is 0 Å². The summed E-state index contributed by atoms with van der Waals surface area (Å²) in [6.45, 7) is 7.67. The van der Waals surface area contributed by atoms with E-state index in [1.54, 1.807) is 6.92 Å². The number of carbonyl (C=O) groups is 1. The molecule has 0 aliphatic rings. The highest BCUT2D eigenvalue weighted by Crippen LogP contribution is 2.17. The molecule has 1 atom stereocenters. The van der Waals surface area contributed by atoms with E-state index in [1.807, 2.05) is 13.8 Å². The van der Waals surface area contributed by atoms with E-state index in [2.05, 4.69) is 5.32 Å². The van der Waals surface area contributed by atoms with E-state index in [4.69, 9.17) is 0 Å². The number of carbonyl (C=O) groups excluding carboxylic acids is 1. The summed E-state index contributed by atoms with van der Waals surface area (Å²) in [6.07, 6.45) is 0.142. The first kappa shape index (κ1) is 13.4. The Labute approximate surface area is 85.3 Å². The van der Waals surface area contributed by atoms with Crippen LogP contribution in [-0.4, -0.2) is 28.5 Å². The van der Waals surface area contributed by atoms with Gasteiger partial charge in [0.1, 0.15) is 0 Å². The molecule has 0 saturated heterocycles. The smallest absolute Gasteiger partial charge is 0.228 e. The van der Waals surface area contributed by atoms with Crippen molar-refractivity contribution in [2.24, 2.45) is 11.8 Å². The second-order valence-electron chi connectivity index (χ2n) is 4.09. The van der Waals surface area contributed by atoms with Crippen molar-refractivity contribution in [1.29, 1.82) is 0 Å². The molecule has 0 fully saturated rings. The highest BCUT2D eigenvalue weighted by Gasteiger charge is 2.34. The van der Waals surface area contributed by atoms with Crippen LogP contribution in [0.4, 0.5) is 0 Å². The Hall–Kier alpha value is -0.610. The Bertz CT molecular complexity index is 190. The summed E-state index contributed by atoms with van der Waals surface area (Å²) >= 11 is 0. The average molecular weight is 203 g/mol. The van der Waals surface area contributed by atoms with Crippen LogP contribution in [0.3, 0.4) is 0 Å². The molecule has 0 aromatic rings. The van der Waals surface area contributed by atoms with Crippen molar-refractivity contribution < 1.29 is 15.0 Å². The van der Waals surface area contributed by atoms with Crippen LogP contribution in [0.1, 0.15) is 34.1 Å². The van der Waals surface area contributed by atoms with Gasteiger partial charge in [0.05, 0.1) is 5.92 Å². The third kappa shape index (κ3) is 4.07. The molecule has 14 heavy (non-hydrogen) atoms. The van der Waals surface area contributed by atoms with Crippen molar-refractivity contribution in [2.45, 2.75) is 39.9 Å². The summed E-state index contributed by atoms with van der Waals surface area (Å²) in [4.78, 5) is 11.4. The predicted octanol–water partition coefficient (Wildman–Crippen LogP) is 0.486. The summed E-state index contributed by atoms with van der Waals surface area (Å²) in [7, 11) is 0. The number of nitrogens with one attached hydrogen (secondary N) is 1. The van der Waals surface area contributed by atoms with Crippen LogP contribution in [-0.2, 0) is 4.79 Å². The topological polar surface area (TPSA) is 69.6 Å². The molecule has 0 aromatic carbocycles. The standard InChI is InChI=1S/C10H21NO3/c1-5-10(13,14)8(4)9(12)11-6-7(2)3/h7-8,13-14H,5-6H2,1-4H3,(H,11,12). The van der Waals surface area contributed by atoms with Crippen molar-refractivity contribution in [3.63, 3.8) is 0 Å². The van der Waals surface area contributed by atoms with Crippen molar-refractivity contribution >= 4 is 5.91 Å². The molecule has 0 aliphatic carbocycles. The first-order chi connectivity index (χ1) is 6.31. The Morgan fingerprint density at radius 2 is 1.86 bits per heavy atom. The fourth-order valence-electron chi connectivity index (χ4n) is 0.974. The SMILES string of the molecule is CCC(O)(O)C(C)C(=O)NCC(C)C. The molecule has 0 aliphatic heterocycles. The van der Waals surface area contributed by atoms with Crippen LogP contribution in [0, 0.1) is 11.8 Å². The molecule has 0 spiro atoms. The fraction of sp³-hybridized carbons (Fsp3) is 0.900. The summed E-state index contributed by atoms with van der Waals surface area (Å²) in [5.74, 6) is -2.66. The lowest BCUT2D eigenvalue weighted by Crippen LogP contribution is -2.45. The van der Waals surface area contributed by atoms with Gasteiger partial charge in [0.2, 0.25) is 5.91 Å². The second kappa shape index (κ2) is 5.32. The number of amides is 1. The van der Waals surface area contributed by atoms with Gasteiger partial charge in [0.15, 0.2) is 5.79 Å². The number of hydrogen-bond acceptors (Lipinski definition) is 3. The molecule has 84 valence electrons. The molecule has 0 aromatic heterocycles. The minimum absolute atomic E-state index is 0.142. The third-order valence-corrected chi connectivity index (χ3v) is 2.29. The minimum atomic E-state index is -1.90. The zero-order valence-corrected chi connectivity index (χ0v) is 9.37. The maximum atomic E-state index is 11.4. The quantitative estimate of drug-likeness (QED) is 0.569. The van der Waals surface area contributed by atoms with E-state index in [-0.39, 0.29) is 12.3 Å². The number of hydrogen-bond donors (Lipinski definition) is 3. The highest BCUT2D eigenvalue weighted by molar-refractivity contribution is 5.79. The van der Waals surface area contributed by atoms with Crippen LogP contribution < -0.4 is 5.32 Å². The van der Waals surface area contributed by atoms with Gasteiger partial charge in [-0.2, -0.15) is 0 Å². The molecule has 4 heteroatoms. The van der Waals surface area contributed by atoms with E-state index in [1.165, 1.54) is 6.92 Å². The molecule has 0 rings (SSSR count). The highest BCUT2D eigenvalue weighted by atomic mass is 16.5. The van der Waals surface area contributed by atoms with E-state index in [0.29, 0.717) is 12.5 Å². The normalized spacial score (nSPS) is 14.2. The average Bonchev–Trinajstić information content (AvgIpc) is 2.12. The molecule has 0 heterocycles. The van der Waals surface area contributed by atoms with Crippen LogP contribution >= 0.6 is 0 Å². The maximum absolute atomic E-state index is 11.4. The zero-order chi connectivity index (χ0) is 11.4. The van der Waals surface area contributed by atoms with Gasteiger partial charge >= 0.3 is 0 Å². The van der Waals surface area contributed by atoms with Crippen LogP contribution in [0.25, 0.3) is 0 Å². The van der Waals surface area contributed by atoms with Gasteiger partial charge < -0.3 is 15.5 Å². The molecular weight excluding hydrogens is 182 g/mol. The Morgan fingerprint density at radius 1 is 1.36 bits per heavy atom. The first-order valence-corrected chi connectivity index (χ1v) is 5.03. The minimum Gasteiger partial charge on any atom is -0.365 e. The first-order valence-electron chi connectivity index (χ1n) is 5.03. The third-order valence-electron chi connectivity index (χ3n) is 2.29. The summed E-state index contributed by atoms with van der Waals surface area (Å²) < 4.78 is 0. The van der Waals surface area contributed by atoms with Gasteiger partial charge in [0, 0.05) is 6.54 Å². The molecule has 4 nitrogen and oxygen atoms in total. The molecular formula is C10H21NO3. The number of aliphatic hydroxyl groups is 2. The summed E-state index contributed by atoms with van der Waals surface area (Å²) in [5, 5.41) is 21.5. The van der Waals surface area contributed by atoms with E-state index >= 15 is 0 Å². The molecule has 0 saturated carbocycles. The van der Waals surface area contributed by atoms with Gasteiger partial charge in [-0.15, -0.1) is 0 Å². The summed E-state index contributed by atoms with van der Waals surface area (Å²) in [6, 6.07) is 0. The lowest BCUT2D eigenvalue weighted by molar-refractivity contribution is -0.199. The van der Waals surface area contributed by atoms with Crippen molar-refractivity contribution in [1.82, 2.24) is 5.32 Å².